The maximum absolute atomic E-state index is 11.0. The molecule has 0 amide bonds. The van der Waals surface area contributed by atoms with Gasteiger partial charge in [0.1, 0.15) is 17.9 Å². The number of carbonyl (C=O) groups is 1. The van der Waals surface area contributed by atoms with Gasteiger partial charge in [-0.3, -0.25) is 0 Å². The molecule has 96 valence electrons. The van der Waals surface area contributed by atoms with Gasteiger partial charge < -0.3 is 10.0 Å². The monoisotopic (exact) mass is 255 g/mol. The van der Waals surface area contributed by atoms with Crippen LogP contribution >= 0.6 is 0 Å². The molecule has 1 aromatic heterocycles. The third kappa shape index (κ3) is 2.33. The summed E-state index contributed by atoms with van der Waals surface area (Å²) in [5, 5.41) is 19.1. The summed E-state index contributed by atoms with van der Waals surface area (Å²) >= 11 is 0. The third-order valence-electron chi connectivity index (χ3n) is 3.10. The molecule has 0 aliphatic rings. The molecule has 2 rings (SSSR count). The number of carboxylic acid groups (broad SMARTS) is 1. The molecule has 1 aromatic carbocycles. The van der Waals surface area contributed by atoms with Crippen molar-refractivity contribution < 1.29 is 9.90 Å². The SMILES string of the molecule is CC(C(=O)O)N(C)c1nc2ccccc2cc1C#N. The van der Waals surface area contributed by atoms with E-state index in [0.29, 0.717) is 11.4 Å². The van der Waals surface area contributed by atoms with Crippen LogP contribution in [0.3, 0.4) is 0 Å². The van der Waals surface area contributed by atoms with Gasteiger partial charge in [0.05, 0.1) is 11.1 Å². The number of nitriles is 1. The summed E-state index contributed by atoms with van der Waals surface area (Å²) in [5.74, 6) is -0.572. The molecule has 1 unspecified atom stereocenters. The average molecular weight is 255 g/mol. The van der Waals surface area contributed by atoms with E-state index in [9.17, 15) is 10.1 Å². The highest BCUT2D eigenvalue weighted by molar-refractivity contribution is 5.84. The highest BCUT2D eigenvalue weighted by Crippen LogP contribution is 2.23. The Morgan fingerprint density at radius 2 is 2.16 bits per heavy atom. The summed E-state index contributed by atoms with van der Waals surface area (Å²) < 4.78 is 0. The van der Waals surface area contributed by atoms with Crippen molar-refractivity contribution in [3.63, 3.8) is 0 Å². The number of fused-ring (bicyclic) bond motifs is 1. The number of hydrogen-bond donors (Lipinski definition) is 1. The number of anilines is 1. The zero-order chi connectivity index (χ0) is 14.0. The predicted octanol–water partition coefficient (Wildman–Crippen LogP) is 2.02. The molecule has 2 aromatic rings. The molecule has 0 spiro atoms. The van der Waals surface area contributed by atoms with Crippen molar-refractivity contribution in [1.82, 2.24) is 4.98 Å². The third-order valence-corrected chi connectivity index (χ3v) is 3.10. The van der Waals surface area contributed by atoms with Gasteiger partial charge in [-0.2, -0.15) is 5.26 Å². The molecule has 0 aliphatic heterocycles. The summed E-state index contributed by atoms with van der Waals surface area (Å²) in [4.78, 5) is 16.9. The lowest BCUT2D eigenvalue weighted by molar-refractivity contribution is -0.138. The van der Waals surface area contributed by atoms with Gasteiger partial charge in [-0.05, 0) is 19.1 Å². The van der Waals surface area contributed by atoms with Crippen molar-refractivity contribution in [1.29, 1.82) is 5.26 Å². The van der Waals surface area contributed by atoms with Gasteiger partial charge in [0.15, 0.2) is 0 Å². The number of hydrogen-bond acceptors (Lipinski definition) is 4. The van der Waals surface area contributed by atoms with Crippen molar-refractivity contribution in [3.8, 4) is 6.07 Å². The second-order valence-corrected chi connectivity index (χ2v) is 4.29. The molecule has 0 aliphatic carbocycles. The number of nitrogens with zero attached hydrogens (tertiary/aromatic N) is 3. The first-order valence-corrected chi connectivity index (χ1v) is 5.80. The Bertz CT molecular complexity index is 676. The smallest absolute Gasteiger partial charge is 0.326 e. The Morgan fingerprint density at radius 1 is 1.47 bits per heavy atom. The van der Waals surface area contributed by atoms with Crippen LogP contribution < -0.4 is 4.90 Å². The number of benzene rings is 1. The molecular formula is C14H13N3O2. The van der Waals surface area contributed by atoms with E-state index in [1.54, 1.807) is 20.0 Å². The van der Waals surface area contributed by atoms with Crippen LogP contribution in [0.4, 0.5) is 5.82 Å². The van der Waals surface area contributed by atoms with Crippen LogP contribution in [0.5, 0.6) is 0 Å². The number of likely N-dealkylation sites (N-methyl/N-ethyl adjacent to an activating group) is 1. The summed E-state index contributed by atoms with van der Waals surface area (Å²) in [6.07, 6.45) is 0. The van der Waals surface area contributed by atoms with Crippen molar-refractivity contribution in [2.75, 3.05) is 11.9 Å². The quantitative estimate of drug-likeness (QED) is 0.907. The maximum Gasteiger partial charge on any atom is 0.326 e. The predicted molar refractivity (Wildman–Crippen MR) is 72.0 cm³/mol. The average Bonchev–Trinajstić information content (AvgIpc) is 2.44. The van der Waals surface area contributed by atoms with Crippen LogP contribution in [-0.4, -0.2) is 29.1 Å². The second kappa shape index (κ2) is 4.94. The molecule has 19 heavy (non-hydrogen) atoms. The van der Waals surface area contributed by atoms with Crippen molar-refractivity contribution in [2.45, 2.75) is 13.0 Å². The zero-order valence-electron chi connectivity index (χ0n) is 10.7. The van der Waals surface area contributed by atoms with Crippen LogP contribution in [0, 0.1) is 11.3 Å². The molecule has 0 bridgehead atoms. The lowest BCUT2D eigenvalue weighted by Crippen LogP contribution is -2.36. The van der Waals surface area contributed by atoms with Gasteiger partial charge >= 0.3 is 5.97 Å². The van der Waals surface area contributed by atoms with Crippen LogP contribution in [0.1, 0.15) is 12.5 Å². The fourth-order valence-corrected chi connectivity index (χ4v) is 1.81. The van der Waals surface area contributed by atoms with Crippen LogP contribution in [0.15, 0.2) is 30.3 Å². The molecule has 0 saturated heterocycles. The summed E-state index contributed by atoms with van der Waals surface area (Å²) in [5.41, 5.74) is 1.11. The summed E-state index contributed by atoms with van der Waals surface area (Å²) in [6.45, 7) is 1.56. The van der Waals surface area contributed by atoms with Crippen molar-refractivity contribution in [2.24, 2.45) is 0 Å². The second-order valence-electron chi connectivity index (χ2n) is 4.29. The molecule has 0 radical (unpaired) electrons. The highest BCUT2D eigenvalue weighted by atomic mass is 16.4. The van der Waals surface area contributed by atoms with E-state index in [2.05, 4.69) is 11.1 Å². The van der Waals surface area contributed by atoms with Crippen LogP contribution in [0.25, 0.3) is 10.9 Å². The normalized spacial score (nSPS) is 11.8. The molecule has 1 heterocycles. The maximum atomic E-state index is 11.0. The van der Waals surface area contributed by atoms with E-state index in [0.717, 1.165) is 10.9 Å². The number of aromatic nitrogens is 1. The number of para-hydroxylation sites is 1. The standard InChI is InChI=1S/C14H13N3O2/c1-9(14(18)19)17(2)13-11(8-15)7-10-5-3-4-6-12(10)16-13/h3-7,9H,1-2H3,(H,18,19). The van der Waals surface area contributed by atoms with E-state index in [1.165, 1.54) is 4.90 Å². The summed E-state index contributed by atoms with van der Waals surface area (Å²) in [7, 11) is 1.62. The number of pyridine rings is 1. The van der Waals surface area contributed by atoms with Gasteiger partial charge in [0.2, 0.25) is 0 Å². The van der Waals surface area contributed by atoms with Gasteiger partial charge in [0.25, 0.3) is 0 Å². The van der Waals surface area contributed by atoms with Crippen molar-refractivity contribution >= 4 is 22.7 Å². The Hall–Kier alpha value is -2.61. The van der Waals surface area contributed by atoms with Crippen LogP contribution in [-0.2, 0) is 4.79 Å². The topological polar surface area (TPSA) is 77.2 Å². The largest absolute Gasteiger partial charge is 0.480 e. The van der Waals surface area contributed by atoms with E-state index in [1.807, 2.05) is 24.3 Å². The molecule has 0 fully saturated rings. The van der Waals surface area contributed by atoms with E-state index >= 15 is 0 Å². The number of aliphatic carboxylic acids is 1. The van der Waals surface area contributed by atoms with Crippen molar-refractivity contribution in [3.05, 3.63) is 35.9 Å². The molecule has 0 saturated carbocycles. The van der Waals surface area contributed by atoms with Gasteiger partial charge in [-0.25, -0.2) is 9.78 Å². The first-order valence-electron chi connectivity index (χ1n) is 5.80. The first kappa shape index (κ1) is 12.8. The minimum absolute atomic E-state index is 0.370. The Labute approximate surface area is 110 Å². The molecular weight excluding hydrogens is 242 g/mol. The highest BCUT2D eigenvalue weighted by Gasteiger charge is 2.21. The first-order chi connectivity index (χ1) is 9.04. The zero-order valence-corrected chi connectivity index (χ0v) is 10.7. The van der Waals surface area contributed by atoms with Gasteiger partial charge in [0, 0.05) is 12.4 Å². The summed E-state index contributed by atoms with van der Waals surface area (Å²) in [6, 6.07) is 10.5. The van der Waals surface area contributed by atoms with Gasteiger partial charge in [-0.15, -0.1) is 0 Å². The number of rotatable bonds is 3. The molecule has 1 N–H and O–H groups in total. The molecule has 5 nitrogen and oxygen atoms in total. The van der Waals surface area contributed by atoms with E-state index in [4.69, 9.17) is 5.11 Å². The van der Waals surface area contributed by atoms with E-state index in [-0.39, 0.29) is 0 Å². The lowest BCUT2D eigenvalue weighted by Gasteiger charge is -2.23. The van der Waals surface area contributed by atoms with Gasteiger partial charge in [-0.1, -0.05) is 18.2 Å². The van der Waals surface area contributed by atoms with Crippen LogP contribution in [0.2, 0.25) is 0 Å². The molecule has 1 atom stereocenters. The molecule has 5 heteroatoms. The van der Waals surface area contributed by atoms with E-state index < -0.39 is 12.0 Å². The fraction of sp³-hybridized carbons (Fsp3) is 0.214. The number of carboxylic acids is 1. The Kier molecular flexibility index (Phi) is 3.34. The fourth-order valence-electron chi connectivity index (χ4n) is 1.81. The minimum Gasteiger partial charge on any atom is -0.480 e. The Morgan fingerprint density at radius 3 is 2.79 bits per heavy atom. The minimum atomic E-state index is -0.957. The Balaban J connectivity index is 2.59. The lowest BCUT2D eigenvalue weighted by atomic mass is 10.1.